The van der Waals surface area contributed by atoms with Crippen molar-refractivity contribution in [2.24, 2.45) is 5.92 Å². The van der Waals surface area contributed by atoms with Crippen LogP contribution < -0.4 is 10.1 Å². The Hall–Kier alpha value is -2.40. The van der Waals surface area contributed by atoms with Crippen LogP contribution in [0.15, 0.2) is 42.6 Å². The first-order chi connectivity index (χ1) is 12.7. The van der Waals surface area contributed by atoms with Crippen molar-refractivity contribution in [3.05, 3.63) is 53.9 Å². The Morgan fingerprint density at radius 1 is 1.12 bits per heavy atom. The fraction of sp³-hybridized carbons (Fsp3) is 0.429. The van der Waals surface area contributed by atoms with Crippen molar-refractivity contribution < 1.29 is 9.53 Å². The van der Waals surface area contributed by atoms with E-state index in [-0.39, 0.29) is 11.9 Å². The van der Waals surface area contributed by atoms with Gasteiger partial charge in [0.15, 0.2) is 0 Å². The molecule has 1 aromatic carbocycles. The second-order valence-corrected chi connectivity index (χ2v) is 7.41. The lowest BCUT2D eigenvalue weighted by Gasteiger charge is -2.26. The molecule has 2 bridgehead atoms. The van der Waals surface area contributed by atoms with Crippen molar-refractivity contribution in [3.8, 4) is 11.5 Å². The van der Waals surface area contributed by atoms with Crippen LogP contribution in [0.5, 0.6) is 11.5 Å². The van der Waals surface area contributed by atoms with E-state index in [0.717, 1.165) is 24.6 Å². The largest absolute Gasteiger partial charge is 0.456 e. The highest BCUT2D eigenvalue weighted by atomic mass is 16.5. The topological polar surface area (TPSA) is 54.5 Å². The molecule has 136 valence electrons. The van der Waals surface area contributed by atoms with Crippen LogP contribution in [-0.4, -0.2) is 41.5 Å². The van der Waals surface area contributed by atoms with Gasteiger partial charge in [0.2, 0.25) is 0 Å². The summed E-state index contributed by atoms with van der Waals surface area (Å²) in [6.45, 7) is 5.27. The van der Waals surface area contributed by atoms with Crippen LogP contribution in [0.3, 0.4) is 0 Å². The maximum absolute atomic E-state index is 12.6. The molecule has 1 N–H and O–H groups in total. The van der Waals surface area contributed by atoms with Gasteiger partial charge in [-0.3, -0.25) is 9.78 Å². The van der Waals surface area contributed by atoms with Crippen molar-refractivity contribution in [3.63, 3.8) is 0 Å². The van der Waals surface area contributed by atoms with Crippen LogP contribution in [0.2, 0.25) is 0 Å². The molecule has 0 radical (unpaired) electrons. The number of carbonyl (C=O) groups excluding carboxylic acids is 1. The number of benzene rings is 1. The van der Waals surface area contributed by atoms with Crippen LogP contribution in [-0.2, 0) is 0 Å². The number of aromatic nitrogens is 1. The third-order valence-corrected chi connectivity index (χ3v) is 5.38. The number of ether oxygens (including phenoxy) is 1. The Balaban J connectivity index is 1.37. The smallest absolute Gasteiger partial charge is 0.251 e. The summed E-state index contributed by atoms with van der Waals surface area (Å²) in [6.07, 6.45) is 5.34. The van der Waals surface area contributed by atoms with Gasteiger partial charge in [-0.25, -0.2) is 0 Å². The van der Waals surface area contributed by atoms with E-state index in [1.165, 1.54) is 25.9 Å². The zero-order valence-electron chi connectivity index (χ0n) is 15.1. The minimum absolute atomic E-state index is 0.000975. The maximum Gasteiger partial charge on any atom is 0.251 e. The second-order valence-electron chi connectivity index (χ2n) is 7.41. The summed E-state index contributed by atoms with van der Waals surface area (Å²) >= 11 is 0. The van der Waals surface area contributed by atoms with Crippen molar-refractivity contribution in [1.82, 2.24) is 15.2 Å². The van der Waals surface area contributed by atoms with E-state index in [9.17, 15) is 4.79 Å². The van der Waals surface area contributed by atoms with Crippen molar-refractivity contribution in [2.75, 3.05) is 19.6 Å². The van der Waals surface area contributed by atoms with Crippen molar-refractivity contribution in [1.29, 1.82) is 0 Å². The molecule has 3 aliphatic rings. The van der Waals surface area contributed by atoms with Gasteiger partial charge in [-0.2, -0.15) is 0 Å². The van der Waals surface area contributed by atoms with E-state index in [1.54, 1.807) is 6.20 Å². The molecule has 5 heteroatoms. The Morgan fingerprint density at radius 3 is 2.54 bits per heavy atom. The number of rotatable bonds is 4. The summed E-state index contributed by atoms with van der Waals surface area (Å²) in [5.41, 5.74) is 1.62. The third-order valence-electron chi connectivity index (χ3n) is 5.38. The fourth-order valence-electron chi connectivity index (χ4n) is 3.89. The zero-order valence-corrected chi connectivity index (χ0v) is 15.1. The van der Waals surface area contributed by atoms with Gasteiger partial charge in [-0.05, 0) is 81.6 Å². The van der Waals surface area contributed by atoms with E-state index in [4.69, 9.17) is 4.74 Å². The number of pyridine rings is 1. The molecular weight excluding hydrogens is 326 g/mol. The molecule has 26 heavy (non-hydrogen) atoms. The molecule has 0 spiro atoms. The summed E-state index contributed by atoms with van der Waals surface area (Å²) in [5.74, 6) is 2.15. The van der Waals surface area contributed by atoms with E-state index in [0.29, 0.717) is 17.1 Å². The average molecular weight is 351 g/mol. The highest BCUT2D eigenvalue weighted by Crippen LogP contribution is 2.27. The van der Waals surface area contributed by atoms with E-state index >= 15 is 0 Å². The molecule has 1 aromatic heterocycles. The fourth-order valence-corrected chi connectivity index (χ4v) is 3.89. The summed E-state index contributed by atoms with van der Waals surface area (Å²) in [7, 11) is 0. The summed E-state index contributed by atoms with van der Waals surface area (Å²) in [5, 5.41) is 3.22. The molecule has 3 saturated heterocycles. The summed E-state index contributed by atoms with van der Waals surface area (Å²) in [6, 6.07) is 11.3. The predicted octanol–water partition coefficient (Wildman–Crippen LogP) is 3.40. The first-order valence-electron chi connectivity index (χ1n) is 9.39. The van der Waals surface area contributed by atoms with Gasteiger partial charge in [0.1, 0.15) is 11.5 Å². The lowest BCUT2D eigenvalue weighted by Crippen LogP contribution is -2.41. The molecule has 4 heterocycles. The normalized spacial score (nSPS) is 24.7. The van der Waals surface area contributed by atoms with Gasteiger partial charge < -0.3 is 15.0 Å². The van der Waals surface area contributed by atoms with Gasteiger partial charge in [0, 0.05) is 23.8 Å². The summed E-state index contributed by atoms with van der Waals surface area (Å²) < 4.78 is 5.77. The molecule has 3 fully saturated rings. The number of nitrogens with one attached hydrogen (secondary N) is 1. The monoisotopic (exact) mass is 351 g/mol. The number of nitrogens with zero attached hydrogens (tertiary/aromatic N) is 2. The molecule has 5 rings (SSSR count). The van der Waals surface area contributed by atoms with Crippen LogP contribution in [0.4, 0.5) is 0 Å². The van der Waals surface area contributed by atoms with E-state index in [1.807, 2.05) is 43.3 Å². The van der Waals surface area contributed by atoms with Crippen LogP contribution in [0.25, 0.3) is 0 Å². The Labute approximate surface area is 154 Å². The minimum atomic E-state index is 0.000975. The Morgan fingerprint density at radius 2 is 1.85 bits per heavy atom. The molecule has 1 unspecified atom stereocenters. The van der Waals surface area contributed by atoms with Gasteiger partial charge >= 0.3 is 0 Å². The highest BCUT2D eigenvalue weighted by molar-refractivity contribution is 5.94. The van der Waals surface area contributed by atoms with Gasteiger partial charge in [-0.1, -0.05) is 0 Å². The van der Waals surface area contributed by atoms with Crippen LogP contribution in [0, 0.1) is 12.8 Å². The number of piperidine rings is 1. The second kappa shape index (κ2) is 7.46. The van der Waals surface area contributed by atoms with Crippen LogP contribution >= 0.6 is 0 Å². The average Bonchev–Trinajstić information content (AvgIpc) is 2.96. The Kier molecular flexibility index (Phi) is 4.89. The maximum atomic E-state index is 12.6. The number of aryl methyl sites for hydroxylation is 1. The quantitative estimate of drug-likeness (QED) is 0.917. The number of amides is 1. The zero-order chi connectivity index (χ0) is 17.9. The molecule has 2 aromatic rings. The first-order valence-corrected chi connectivity index (χ1v) is 9.39. The predicted molar refractivity (Wildman–Crippen MR) is 101 cm³/mol. The van der Waals surface area contributed by atoms with Gasteiger partial charge in [-0.15, -0.1) is 0 Å². The molecule has 1 atom stereocenters. The third kappa shape index (κ3) is 4.05. The highest BCUT2D eigenvalue weighted by Gasteiger charge is 2.29. The molecule has 3 aliphatic heterocycles. The number of carbonyl (C=O) groups is 1. The molecule has 5 nitrogen and oxygen atoms in total. The molecule has 0 saturated carbocycles. The SMILES string of the molecule is Cc1ccc(Oc2ccc(C(=O)NC3CC4CCN(CC4)C3)cc2)cn1. The molecule has 0 aliphatic carbocycles. The molecular formula is C21H25N3O2. The van der Waals surface area contributed by atoms with E-state index < -0.39 is 0 Å². The summed E-state index contributed by atoms with van der Waals surface area (Å²) in [4.78, 5) is 19.3. The lowest BCUT2D eigenvalue weighted by molar-refractivity contribution is 0.0929. The van der Waals surface area contributed by atoms with Crippen molar-refractivity contribution >= 4 is 5.91 Å². The number of fused-ring (bicyclic) bond motifs is 4. The van der Waals surface area contributed by atoms with E-state index in [2.05, 4.69) is 15.2 Å². The standard InChI is InChI=1S/C21H25N3O2/c1-15-2-5-20(13-22-15)26-19-6-3-17(4-7-19)21(25)23-18-12-16-8-10-24(14-18)11-9-16/h2-7,13,16,18H,8-12,14H2,1H3,(H,23,25). The van der Waals surface area contributed by atoms with Crippen LogP contribution in [0.1, 0.15) is 35.3 Å². The Bertz CT molecular complexity index is 736. The molecule has 1 amide bonds. The number of hydrogen-bond acceptors (Lipinski definition) is 4. The lowest BCUT2D eigenvalue weighted by atomic mass is 9.94. The van der Waals surface area contributed by atoms with Crippen molar-refractivity contribution in [2.45, 2.75) is 32.2 Å². The first kappa shape index (κ1) is 17.0. The van der Waals surface area contributed by atoms with Gasteiger partial charge in [0.25, 0.3) is 5.91 Å². The minimum Gasteiger partial charge on any atom is -0.456 e. The number of hydrogen-bond donors (Lipinski definition) is 1. The van der Waals surface area contributed by atoms with Gasteiger partial charge in [0.05, 0.1) is 6.20 Å².